The Morgan fingerprint density at radius 3 is 2.31 bits per heavy atom. The summed E-state index contributed by atoms with van der Waals surface area (Å²) in [7, 11) is -0.291. The lowest BCUT2D eigenvalue weighted by Gasteiger charge is -2.35. The average molecular weight is 351 g/mol. The lowest BCUT2D eigenvalue weighted by Crippen LogP contribution is -2.44. The Labute approximate surface area is 157 Å². The van der Waals surface area contributed by atoms with Crippen LogP contribution in [-0.4, -0.2) is 31.4 Å². The molecule has 1 atom stereocenters. The van der Waals surface area contributed by atoms with Gasteiger partial charge in [-0.3, -0.25) is 0 Å². The second-order valence-electron chi connectivity index (χ2n) is 8.50. The zero-order valence-electron chi connectivity index (χ0n) is 16.5. The molecule has 2 aliphatic heterocycles. The monoisotopic (exact) mass is 351 g/mol. The molecule has 2 aromatic carbocycles. The van der Waals surface area contributed by atoms with E-state index in [0.29, 0.717) is 0 Å². The quantitative estimate of drug-likeness (QED) is 0.759. The topological polar surface area (TPSA) is 21.7 Å². The number of anilines is 1. The highest BCUT2D eigenvalue weighted by molar-refractivity contribution is 6.62. The zero-order chi connectivity index (χ0) is 18.4. The Hall–Kier alpha value is -1.52. The minimum Gasteiger partial charge on any atom is -0.399 e. The molecule has 2 aromatic rings. The number of benzene rings is 2. The van der Waals surface area contributed by atoms with E-state index in [1.54, 1.807) is 0 Å². The smallest absolute Gasteiger partial charge is 0.399 e. The summed E-state index contributed by atoms with van der Waals surface area (Å²) in [5.74, 6) is 0. The summed E-state index contributed by atoms with van der Waals surface area (Å²) in [5.41, 5.74) is 1.90. The van der Waals surface area contributed by atoms with Gasteiger partial charge in [0.25, 0.3) is 0 Å². The van der Waals surface area contributed by atoms with E-state index in [1.807, 2.05) is 0 Å². The minimum atomic E-state index is -0.292. The number of hydrogen-bond acceptors (Lipinski definition) is 3. The summed E-state index contributed by atoms with van der Waals surface area (Å²) in [6, 6.07) is 13.4. The van der Waals surface area contributed by atoms with Gasteiger partial charge < -0.3 is 14.2 Å². The minimum absolute atomic E-state index is 0.259. The Bertz CT molecular complexity index is 800. The zero-order valence-corrected chi connectivity index (χ0v) is 16.5. The SMILES string of the molecule is CCC1(C)OB(c2ccc3cc(N4CCCCC4)ccc3c2)OC1(C)C. The molecule has 0 aliphatic carbocycles. The summed E-state index contributed by atoms with van der Waals surface area (Å²) in [6.07, 6.45) is 4.91. The van der Waals surface area contributed by atoms with Gasteiger partial charge in [0.05, 0.1) is 11.2 Å². The van der Waals surface area contributed by atoms with Crippen LogP contribution in [0.5, 0.6) is 0 Å². The van der Waals surface area contributed by atoms with E-state index in [4.69, 9.17) is 9.31 Å². The normalized spacial score (nSPS) is 25.8. The summed E-state index contributed by atoms with van der Waals surface area (Å²) in [6.45, 7) is 10.9. The molecule has 2 saturated heterocycles. The molecule has 0 saturated carbocycles. The third-order valence-electron chi connectivity index (χ3n) is 6.56. The van der Waals surface area contributed by atoms with Gasteiger partial charge in [0.15, 0.2) is 0 Å². The highest BCUT2D eigenvalue weighted by Crippen LogP contribution is 2.39. The molecule has 0 radical (unpaired) electrons. The fraction of sp³-hybridized carbons (Fsp3) is 0.545. The molecule has 3 nitrogen and oxygen atoms in total. The molecule has 0 bridgehead atoms. The lowest BCUT2D eigenvalue weighted by molar-refractivity contribution is -0.0118. The van der Waals surface area contributed by atoms with Crippen molar-refractivity contribution in [2.24, 2.45) is 0 Å². The molecule has 2 heterocycles. The summed E-state index contributed by atoms with van der Waals surface area (Å²) < 4.78 is 12.6. The standard InChI is InChI=1S/C22H30BNO2/c1-5-22(4)21(2,3)25-23(26-22)19-11-9-18-16-20(12-10-17(18)15-19)24-13-7-6-8-14-24/h9-12,15-16H,5-8,13-14H2,1-4H3. The van der Waals surface area contributed by atoms with E-state index in [1.165, 1.54) is 48.8 Å². The van der Waals surface area contributed by atoms with Crippen LogP contribution in [0.15, 0.2) is 36.4 Å². The molecular weight excluding hydrogens is 321 g/mol. The van der Waals surface area contributed by atoms with Crippen LogP contribution in [0.25, 0.3) is 10.8 Å². The molecule has 0 aromatic heterocycles. The summed E-state index contributed by atoms with van der Waals surface area (Å²) >= 11 is 0. The first kappa shape index (κ1) is 17.9. The van der Waals surface area contributed by atoms with Crippen molar-refractivity contribution in [2.75, 3.05) is 18.0 Å². The fourth-order valence-electron chi connectivity index (χ4n) is 4.19. The third-order valence-corrected chi connectivity index (χ3v) is 6.56. The van der Waals surface area contributed by atoms with Crippen LogP contribution < -0.4 is 10.4 Å². The first-order valence-corrected chi connectivity index (χ1v) is 10.1. The Kier molecular flexibility index (Phi) is 4.52. The summed E-state index contributed by atoms with van der Waals surface area (Å²) in [5, 5.41) is 2.53. The molecule has 1 unspecified atom stereocenters. The van der Waals surface area contributed by atoms with Crippen molar-refractivity contribution in [2.45, 2.75) is 64.6 Å². The third kappa shape index (κ3) is 3.03. The van der Waals surface area contributed by atoms with Crippen molar-refractivity contribution < 1.29 is 9.31 Å². The number of nitrogens with zero attached hydrogens (tertiary/aromatic N) is 1. The molecular formula is C22H30BNO2. The van der Waals surface area contributed by atoms with E-state index in [0.717, 1.165) is 11.9 Å². The van der Waals surface area contributed by atoms with Gasteiger partial charge in [-0.1, -0.05) is 31.2 Å². The van der Waals surface area contributed by atoms with E-state index >= 15 is 0 Å². The fourth-order valence-corrected chi connectivity index (χ4v) is 4.19. The van der Waals surface area contributed by atoms with Crippen LogP contribution >= 0.6 is 0 Å². The highest BCUT2D eigenvalue weighted by Gasteiger charge is 2.53. The maximum Gasteiger partial charge on any atom is 0.494 e. The molecule has 0 spiro atoms. The van der Waals surface area contributed by atoms with Gasteiger partial charge in [-0.25, -0.2) is 0 Å². The Morgan fingerprint density at radius 1 is 0.923 bits per heavy atom. The number of fused-ring (bicyclic) bond motifs is 1. The van der Waals surface area contributed by atoms with Crippen molar-refractivity contribution in [3.63, 3.8) is 0 Å². The van der Waals surface area contributed by atoms with Crippen molar-refractivity contribution in [1.29, 1.82) is 0 Å². The number of piperidine rings is 1. The van der Waals surface area contributed by atoms with Crippen molar-refractivity contribution in [3.8, 4) is 0 Å². The van der Waals surface area contributed by atoms with Gasteiger partial charge in [-0.2, -0.15) is 0 Å². The molecule has 26 heavy (non-hydrogen) atoms. The lowest BCUT2D eigenvalue weighted by atomic mass is 9.78. The van der Waals surface area contributed by atoms with Crippen molar-refractivity contribution >= 4 is 29.0 Å². The van der Waals surface area contributed by atoms with Gasteiger partial charge in [-0.15, -0.1) is 0 Å². The van der Waals surface area contributed by atoms with Gasteiger partial charge in [0, 0.05) is 18.8 Å². The maximum atomic E-state index is 6.34. The predicted octanol–water partition coefficient (Wildman–Crippen LogP) is 4.52. The molecule has 138 valence electrons. The van der Waals surface area contributed by atoms with E-state index in [-0.39, 0.29) is 18.3 Å². The Morgan fingerprint density at radius 2 is 1.62 bits per heavy atom. The van der Waals surface area contributed by atoms with Crippen LogP contribution in [-0.2, 0) is 9.31 Å². The van der Waals surface area contributed by atoms with Crippen LogP contribution in [0.3, 0.4) is 0 Å². The van der Waals surface area contributed by atoms with Gasteiger partial charge >= 0.3 is 7.12 Å². The van der Waals surface area contributed by atoms with Crippen molar-refractivity contribution in [3.05, 3.63) is 36.4 Å². The molecule has 2 fully saturated rings. The largest absolute Gasteiger partial charge is 0.494 e. The summed E-state index contributed by atoms with van der Waals surface area (Å²) in [4.78, 5) is 2.51. The molecule has 2 aliphatic rings. The predicted molar refractivity (Wildman–Crippen MR) is 110 cm³/mol. The second kappa shape index (κ2) is 6.58. The van der Waals surface area contributed by atoms with E-state index in [2.05, 4.69) is 69.0 Å². The molecule has 0 amide bonds. The first-order valence-electron chi connectivity index (χ1n) is 10.1. The molecule has 4 rings (SSSR count). The van der Waals surface area contributed by atoms with Gasteiger partial charge in [-0.05, 0) is 74.8 Å². The first-order chi connectivity index (χ1) is 12.4. The Balaban J connectivity index is 1.60. The van der Waals surface area contributed by atoms with Crippen molar-refractivity contribution in [1.82, 2.24) is 0 Å². The van der Waals surface area contributed by atoms with E-state index in [9.17, 15) is 0 Å². The van der Waals surface area contributed by atoms with E-state index < -0.39 is 0 Å². The number of rotatable bonds is 3. The van der Waals surface area contributed by atoms with Gasteiger partial charge in [0.1, 0.15) is 0 Å². The van der Waals surface area contributed by atoms with Crippen LogP contribution in [0.4, 0.5) is 5.69 Å². The molecule has 0 N–H and O–H groups in total. The van der Waals surface area contributed by atoms with Crippen LogP contribution in [0.1, 0.15) is 53.4 Å². The average Bonchev–Trinajstić information content (AvgIpc) is 2.91. The van der Waals surface area contributed by atoms with Crippen LogP contribution in [0, 0.1) is 0 Å². The second-order valence-corrected chi connectivity index (χ2v) is 8.50. The maximum absolute atomic E-state index is 6.34. The van der Waals surface area contributed by atoms with Gasteiger partial charge in [0.2, 0.25) is 0 Å². The molecule has 4 heteroatoms. The highest BCUT2D eigenvalue weighted by atomic mass is 16.7. The number of hydrogen-bond donors (Lipinski definition) is 0. The van der Waals surface area contributed by atoms with Crippen LogP contribution in [0.2, 0.25) is 0 Å².